The molecule has 15 nitrogen and oxygen atoms in total. The van der Waals surface area contributed by atoms with Crippen molar-refractivity contribution in [1.29, 1.82) is 0 Å². The molecule has 0 saturated heterocycles. The van der Waals surface area contributed by atoms with Crippen molar-refractivity contribution < 1.29 is 92.9 Å². The Bertz CT molecular complexity index is 211. The Morgan fingerprint density at radius 3 is 0.444 bits per heavy atom. The van der Waals surface area contributed by atoms with E-state index in [2.05, 4.69) is 0 Å². The molecule has 18 heavy (non-hydrogen) atoms. The summed E-state index contributed by atoms with van der Waals surface area (Å²) >= 11 is 0. The standard InChI is InChI=1S/2H2O4S.7H2O.Zn/c2*1-5(2,3)4;;;;;;;;/h2*(H2,1,2,3,4);7*1H2;/p-4. The van der Waals surface area contributed by atoms with Crippen molar-refractivity contribution in [2.24, 2.45) is 0 Å². The minimum absolute atomic E-state index is 0. The quantitative estimate of drug-likeness (QED) is 0.218. The molecule has 0 fully saturated rings. The molecule has 0 spiro atoms. The third-order valence-corrected chi connectivity index (χ3v) is 0. The van der Waals surface area contributed by atoms with Gasteiger partial charge in [-0.15, -0.1) is 0 Å². The molecule has 0 atom stereocenters. The molecule has 122 valence electrons. The second-order valence-electron chi connectivity index (χ2n) is 0.816. The molecule has 0 aromatic rings. The topological polar surface area (TPSA) is 381 Å². The Hall–Kier alpha value is 0.0834. The molecule has 0 radical (unpaired) electrons. The number of hydrogen-bond donors (Lipinski definition) is 0. The van der Waals surface area contributed by atoms with Crippen molar-refractivity contribution in [3.63, 3.8) is 0 Å². The number of hydrogen-bond acceptors (Lipinski definition) is 8. The van der Waals surface area contributed by atoms with E-state index in [9.17, 15) is 0 Å². The van der Waals surface area contributed by atoms with E-state index in [1.807, 2.05) is 0 Å². The first-order valence-corrected chi connectivity index (χ1v) is 4.00. The van der Waals surface area contributed by atoms with E-state index in [-0.39, 0.29) is 57.8 Å². The van der Waals surface area contributed by atoms with E-state index < -0.39 is 20.8 Å². The average Bonchev–Trinajstić information content (AvgIpc) is 1.12. The smallest absolute Gasteiger partial charge is 0.0311 e. The van der Waals surface area contributed by atoms with E-state index in [0.29, 0.717) is 0 Å². The van der Waals surface area contributed by atoms with Crippen LogP contribution in [0.2, 0.25) is 0 Å². The van der Waals surface area contributed by atoms with Gasteiger partial charge in [0.2, 0.25) is 0 Å². The minimum atomic E-state index is -5.17. The zero-order chi connectivity index (χ0) is 9.00. The summed E-state index contributed by atoms with van der Waals surface area (Å²) in [5.74, 6) is 0. The summed E-state index contributed by atoms with van der Waals surface area (Å²) in [4.78, 5) is 0. The molecule has 0 aromatic heterocycles. The molecule has 0 amide bonds. The Kier molecular flexibility index (Phi) is 136. The van der Waals surface area contributed by atoms with Gasteiger partial charge in [-0.25, -0.2) is 0 Å². The molecule has 0 heterocycles. The third kappa shape index (κ3) is 526000. The molecular formula is H14O15S2Zn-4. The summed E-state index contributed by atoms with van der Waals surface area (Å²) in [6.45, 7) is 0. The van der Waals surface area contributed by atoms with Crippen LogP contribution in [0.15, 0.2) is 0 Å². The van der Waals surface area contributed by atoms with E-state index in [4.69, 9.17) is 35.0 Å². The minimum Gasteiger partial charge on any atom is -0.759 e. The van der Waals surface area contributed by atoms with Crippen LogP contribution in [0.5, 0.6) is 0 Å². The Balaban J connectivity index is -0.00000000615. The Morgan fingerprint density at radius 2 is 0.444 bits per heavy atom. The van der Waals surface area contributed by atoms with Crippen LogP contribution in [0.25, 0.3) is 0 Å². The van der Waals surface area contributed by atoms with Crippen molar-refractivity contribution >= 4 is 20.8 Å². The molecule has 0 aliphatic carbocycles. The summed E-state index contributed by atoms with van der Waals surface area (Å²) in [7, 11) is -10.3. The summed E-state index contributed by atoms with van der Waals surface area (Å²) in [5, 5.41) is 0. The van der Waals surface area contributed by atoms with Gasteiger partial charge in [0.1, 0.15) is 0 Å². The second kappa shape index (κ2) is 30.3. The molecule has 0 rings (SSSR count). The van der Waals surface area contributed by atoms with Gasteiger partial charge in [-0.1, -0.05) is 0 Å². The zero-order valence-electron chi connectivity index (χ0n) is 8.29. The molecule has 0 bridgehead atoms. The molecule has 0 saturated carbocycles. The first kappa shape index (κ1) is 80.8. The van der Waals surface area contributed by atoms with Crippen LogP contribution in [0.4, 0.5) is 0 Å². The largest absolute Gasteiger partial charge is 0.759 e. The van der Waals surface area contributed by atoms with Crippen molar-refractivity contribution in [2.45, 2.75) is 0 Å². The van der Waals surface area contributed by atoms with Crippen LogP contribution in [0.1, 0.15) is 0 Å². The predicted octanol–water partition coefficient (Wildman–Crippen LogP) is -8.45. The first-order chi connectivity index (χ1) is 4.00. The molecule has 18 heteroatoms. The predicted molar refractivity (Wildman–Crippen MR) is 46.2 cm³/mol. The molecular weight excluding hydrogens is 370 g/mol. The van der Waals surface area contributed by atoms with Crippen LogP contribution < -0.4 is 0 Å². The van der Waals surface area contributed by atoms with Gasteiger partial charge in [-0.2, -0.15) is 0 Å². The monoisotopic (exact) mass is 382 g/mol. The fourth-order valence-corrected chi connectivity index (χ4v) is 0. The van der Waals surface area contributed by atoms with Gasteiger partial charge in [0, 0.05) is 40.3 Å². The Morgan fingerprint density at radius 1 is 0.444 bits per heavy atom. The van der Waals surface area contributed by atoms with Gasteiger partial charge in [0.05, 0.1) is 0 Å². The van der Waals surface area contributed by atoms with Gasteiger partial charge in [0.25, 0.3) is 0 Å². The summed E-state index contributed by atoms with van der Waals surface area (Å²) in [6, 6.07) is 0. The summed E-state index contributed by atoms with van der Waals surface area (Å²) < 4.78 is 68.2. The second-order valence-corrected chi connectivity index (χ2v) is 2.45. The SMILES string of the molecule is O.O.O.O.O.O.O.O=S(=O)([O-])[O-].O=S(=O)([O-])[O-].[Zn]. The van der Waals surface area contributed by atoms with Gasteiger partial charge < -0.3 is 56.5 Å². The van der Waals surface area contributed by atoms with E-state index in [1.54, 1.807) is 0 Å². The molecule has 0 aromatic carbocycles. The molecule has 14 N–H and O–H groups in total. The maximum absolute atomic E-state index is 8.52. The average molecular weight is 384 g/mol. The summed E-state index contributed by atoms with van der Waals surface area (Å²) in [5.41, 5.74) is 0. The van der Waals surface area contributed by atoms with Gasteiger partial charge in [0.15, 0.2) is 0 Å². The van der Waals surface area contributed by atoms with Crippen LogP contribution in [0, 0.1) is 0 Å². The van der Waals surface area contributed by atoms with Gasteiger partial charge in [-0.05, 0) is 0 Å². The maximum atomic E-state index is 8.52. The fourth-order valence-electron chi connectivity index (χ4n) is 0. The molecule has 0 aliphatic heterocycles. The Labute approximate surface area is 114 Å². The van der Waals surface area contributed by atoms with E-state index >= 15 is 0 Å². The normalized spacial score (nSPS) is 6.44. The van der Waals surface area contributed by atoms with Crippen LogP contribution in [-0.2, 0) is 40.3 Å². The van der Waals surface area contributed by atoms with Crippen molar-refractivity contribution in [3.8, 4) is 0 Å². The van der Waals surface area contributed by atoms with E-state index in [0.717, 1.165) is 0 Å². The van der Waals surface area contributed by atoms with Crippen molar-refractivity contribution in [3.05, 3.63) is 0 Å². The van der Waals surface area contributed by atoms with Crippen molar-refractivity contribution in [1.82, 2.24) is 0 Å². The van der Waals surface area contributed by atoms with Crippen molar-refractivity contribution in [2.75, 3.05) is 0 Å². The zero-order valence-corrected chi connectivity index (χ0v) is 12.9. The summed E-state index contributed by atoms with van der Waals surface area (Å²) in [6.07, 6.45) is 0. The van der Waals surface area contributed by atoms with Crippen LogP contribution >= 0.6 is 0 Å². The fraction of sp³-hybridized carbons (Fsp3) is 0. The molecule has 0 unspecified atom stereocenters. The van der Waals surface area contributed by atoms with E-state index in [1.165, 1.54) is 0 Å². The third-order valence-electron chi connectivity index (χ3n) is 0. The van der Waals surface area contributed by atoms with Crippen LogP contribution in [-0.4, -0.2) is 73.4 Å². The maximum Gasteiger partial charge on any atom is 0.0311 e. The van der Waals surface area contributed by atoms with Gasteiger partial charge in [-0.3, -0.25) is 16.8 Å². The first-order valence-electron chi connectivity index (χ1n) is 1.33. The van der Waals surface area contributed by atoms with Crippen LogP contribution in [0.3, 0.4) is 0 Å². The number of rotatable bonds is 0. The van der Waals surface area contributed by atoms with Gasteiger partial charge >= 0.3 is 0 Å². The molecule has 0 aliphatic rings.